The van der Waals surface area contributed by atoms with E-state index in [1.807, 2.05) is 60.7 Å². The second kappa shape index (κ2) is 9.21. The van der Waals surface area contributed by atoms with Gasteiger partial charge in [-0.05, 0) is 58.3 Å². The Kier molecular flexibility index (Phi) is 6.41. The van der Waals surface area contributed by atoms with Crippen molar-refractivity contribution >= 4 is 73.0 Å². The van der Waals surface area contributed by atoms with Crippen molar-refractivity contribution in [1.29, 1.82) is 0 Å². The number of hydrogen-bond donors (Lipinski definition) is 1. The highest BCUT2D eigenvalue weighted by molar-refractivity contribution is 9.10. The molecule has 156 valence electrons. The van der Waals surface area contributed by atoms with Crippen LogP contribution in [0.1, 0.15) is 11.1 Å². The number of aliphatic carboxylic acids is 1. The normalized spacial score (nSPS) is 15.1. The fraction of sp³-hybridized carbons (Fsp3) is 0.0870. The number of benzene rings is 3. The topological polar surface area (TPSA) is 66.8 Å². The molecule has 3 aromatic carbocycles. The van der Waals surface area contributed by atoms with E-state index in [4.69, 9.17) is 22.1 Å². The highest BCUT2D eigenvalue weighted by atomic mass is 79.9. The van der Waals surface area contributed by atoms with Crippen LogP contribution in [0.25, 0.3) is 16.8 Å². The van der Waals surface area contributed by atoms with Crippen LogP contribution in [-0.4, -0.2) is 32.7 Å². The number of halogens is 1. The minimum Gasteiger partial charge on any atom is -0.489 e. The highest BCUT2D eigenvalue weighted by Gasteiger charge is 2.33. The number of fused-ring (bicyclic) bond motifs is 1. The van der Waals surface area contributed by atoms with E-state index < -0.39 is 12.5 Å². The average Bonchev–Trinajstić information content (AvgIpc) is 2.99. The number of carbonyl (C=O) groups excluding carboxylic acids is 1. The van der Waals surface area contributed by atoms with Gasteiger partial charge in [-0.1, -0.05) is 70.2 Å². The average molecular weight is 514 g/mol. The maximum absolute atomic E-state index is 12.4. The third kappa shape index (κ3) is 5.15. The molecule has 1 aliphatic heterocycles. The summed E-state index contributed by atoms with van der Waals surface area (Å²) in [6, 6.07) is 19.7. The number of ether oxygens (including phenoxy) is 1. The number of rotatable bonds is 6. The molecule has 8 heteroatoms. The van der Waals surface area contributed by atoms with E-state index in [1.165, 1.54) is 0 Å². The van der Waals surface area contributed by atoms with Crippen molar-refractivity contribution in [1.82, 2.24) is 4.90 Å². The molecule has 0 unspecified atom stereocenters. The van der Waals surface area contributed by atoms with Gasteiger partial charge < -0.3 is 9.84 Å². The molecule has 0 radical (unpaired) electrons. The summed E-state index contributed by atoms with van der Waals surface area (Å²) < 4.78 is 7.18. The SMILES string of the molecule is O=C(O)CN1C(=O)/C(=C/c2ccc3cc(OCc4cccc(Br)c4)ccc3c2)SC1=S. The van der Waals surface area contributed by atoms with Crippen LogP contribution in [-0.2, 0) is 16.2 Å². The molecule has 1 aliphatic rings. The van der Waals surface area contributed by atoms with Gasteiger partial charge in [0.15, 0.2) is 0 Å². The number of carboxylic acids is 1. The Balaban J connectivity index is 1.50. The number of thiocarbonyl (C=S) groups is 1. The number of hydrogen-bond acceptors (Lipinski definition) is 5. The summed E-state index contributed by atoms with van der Waals surface area (Å²) in [7, 11) is 0. The first-order valence-electron chi connectivity index (χ1n) is 9.27. The molecule has 0 spiro atoms. The van der Waals surface area contributed by atoms with Crippen molar-refractivity contribution in [2.24, 2.45) is 0 Å². The monoisotopic (exact) mass is 513 g/mol. The lowest BCUT2D eigenvalue weighted by Crippen LogP contribution is -2.33. The quantitative estimate of drug-likeness (QED) is 0.348. The molecule has 1 N–H and O–H groups in total. The highest BCUT2D eigenvalue weighted by Crippen LogP contribution is 2.33. The maximum atomic E-state index is 12.4. The van der Waals surface area contributed by atoms with Crippen LogP contribution in [0.2, 0.25) is 0 Å². The van der Waals surface area contributed by atoms with Crippen LogP contribution in [0.4, 0.5) is 0 Å². The molecule has 1 amide bonds. The van der Waals surface area contributed by atoms with Crippen molar-refractivity contribution in [3.05, 3.63) is 81.2 Å². The molecule has 31 heavy (non-hydrogen) atoms. The molecule has 1 heterocycles. The van der Waals surface area contributed by atoms with Gasteiger partial charge in [0.2, 0.25) is 0 Å². The van der Waals surface area contributed by atoms with Crippen LogP contribution in [0.5, 0.6) is 5.75 Å². The lowest BCUT2D eigenvalue weighted by molar-refractivity contribution is -0.140. The Hall–Kier alpha value is -2.68. The molecule has 0 bridgehead atoms. The molecular weight excluding hydrogens is 498 g/mol. The fourth-order valence-electron chi connectivity index (χ4n) is 3.14. The number of nitrogens with zero attached hydrogens (tertiary/aromatic N) is 1. The predicted molar refractivity (Wildman–Crippen MR) is 130 cm³/mol. The smallest absolute Gasteiger partial charge is 0.323 e. The van der Waals surface area contributed by atoms with E-state index in [-0.39, 0.29) is 10.2 Å². The van der Waals surface area contributed by atoms with Gasteiger partial charge in [-0.2, -0.15) is 0 Å². The van der Waals surface area contributed by atoms with Gasteiger partial charge in [0, 0.05) is 4.47 Å². The first kappa shape index (κ1) is 21.5. The van der Waals surface area contributed by atoms with E-state index in [0.717, 1.165) is 48.8 Å². The van der Waals surface area contributed by atoms with Crippen molar-refractivity contribution < 1.29 is 19.4 Å². The van der Waals surface area contributed by atoms with Gasteiger partial charge in [0.1, 0.15) is 23.2 Å². The second-order valence-electron chi connectivity index (χ2n) is 6.85. The molecule has 3 aromatic rings. The summed E-state index contributed by atoms with van der Waals surface area (Å²) in [4.78, 5) is 24.9. The molecule has 0 aliphatic carbocycles. The molecule has 4 rings (SSSR count). The van der Waals surface area contributed by atoms with Gasteiger partial charge in [0.05, 0.1) is 4.91 Å². The molecule has 1 fully saturated rings. The Labute approximate surface area is 196 Å². The Bertz CT molecular complexity index is 1240. The van der Waals surface area contributed by atoms with Crippen LogP contribution in [0.3, 0.4) is 0 Å². The summed E-state index contributed by atoms with van der Waals surface area (Å²) in [5, 5.41) is 11.0. The minimum absolute atomic E-state index is 0.256. The predicted octanol–water partition coefficient (Wildman–Crippen LogP) is 5.47. The number of thioether (sulfide) groups is 1. The molecule has 0 atom stereocenters. The summed E-state index contributed by atoms with van der Waals surface area (Å²) in [6.07, 6.45) is 1.73. The van der Waals surface area contributed by atoms with Gasteiger partial charge >= 0.3 is 5.97 Å². The fourth-order valence-corrected chi connectivity index (χ4v) is 4.84. The summed E-state index contributed by atoms with van der Waals surface area (Å²) in [6.45, 7) is 0.0453. The van der Waals surface area contributed by atoms with E-state index >= 15 is 0 Å². The largest absolute Gasteiger partial charge is 0.489 e. The first-order chi connectivity index (χ1) is 14.9. The third-order valence-corrected chi connectivity index (χ3v) is 6.47. The van der Waals surface area contributed by atoms with Crippen molar-refractivity contribution in [2.75, 3.05) is 6.54 Å². The zero-order valence-electron chi connectivity index (χ0n) is 16.1. The van der Waals surface area contributed by atoms with Crippen molar-refractivity contribution in [3.8, 4) is 5.75 Å². The second-order valence-corrected chi connectivity index (χ2v) is 9.44. The summed E-state index contributed by atoms with van der Waals surface area (Å²) >= 11 is 9.71. The van der Waals surface area contributed by atoms with Crippen LogP contribution in [0, 0.1) is 0 Å². The van der Waals surface area contributed by atoms with Gasteiger partial charge in [-0.3, -0.25) is 14.5 Å². The van der Waals surface area contributed by atoms with Crippen molar-refractivity contribution in [3.63, 3.8) is 0 Å². The van der Waals surface area contributed by atoms with Crippen LogP contribution >= 0.6 is 39.9 Å². The zero-order valence-corrected chi connectivity index (χ0v) is 19.3. The van der Waals surface area contributed by atoms with E-state index in [9.17, 15) is 9.59 Å². The lowest BCUT2D eigenvalue weighted by atomic mass is 10.1. The Morgan fingerprint density at radius 1 is 1.13 bits per heavy atom. The van der Waals surface area contributed by atoms with E-state index in [0.29, 0.717) is 11.5 Å². The molecular formula is C23H16BrNO4S2. The Morgan fingerprint density at radius 3 is 2.68 bits per heavy atom. The van der Waals surface area contributed by atoms with E-state index in [1.54, 1.807) is 6.08 Å². The van der Waals surface area contributed by atoms with Crippen molar-refractivity contribution in [2.45, 2.75) is 6.61 Å². The third-order valence-electron chi connectivity index (χ3n) is 4.60. The van der Waals surface area contributed by atoms with Crippen LogP contribution < -0.4 is 4.74 Å². The number of amides is 1. The van der Waals surface area contributed by atoms with Gasteiger partial charge in [-0.15, -0.1) is 0 Å². The van der Waals surface area contributed by atoms with E-state index in [2.05, 4.69) is 15.9 Å². The van der Waals surface area contributed by atoms with Gasteiger partial charge in [-0.25, -0.2) is 0 Å². The minimum atomic E-state index is -1.10. The molecule has 0 saturated carbocycles. The molecule has 0 aromatic heterocycles. The standard InChI is InChI=1S/C23H16BrNO4S2/c24-18-3-1-2-15(9-18)13-29-19-7-6-16-8-14(4-5-17(16)11-19)10-20-22(28)25(12-21(26)27)23(30)31-20/h1-11H,12-13H2,(H,26,27)/b20-10-. The zero-order chi connectivity index (χ0) is 22.0. The Morgan fingerprint density at radius 2 is 1.90 bits per heavy atom. The maximum Gasteiger partial charge on any atom is 0.323 e. The molecule has 5 nitrogen and oxygen atoms in total. The molecule has 1 saturated heterocycles. The first-order valence-corrected chi connectivity index (χ1v) is 11.3. The summed E-state index contributed by atoms with van der Waals surface area (Å²) in [5.41, 5.74) is 1.91. The van der Waals surface area contributed by atoms with Gasteiger partial charge in [0.25, 0.3) is 5.91 Å². The lowest BCUT2D eigenvalue weighted by Gasteiger charge is -2.10. The number of carboxylic acid groups (broad SMARTS) is 1. The summed E-state index contributed by atoms with van der Waals surface area (Å²) in [5.74, 6) is -0.704. The number of carbonyl (C=O) groups is 2. The van der Waals surface area contributed by atoms with Crippen LogP contribution in [0.15, 0.2) is 70.0 Å².